The number of hydrogen-bond acceptors (Lipinski definition) is 5. The molecule has 2 saturated heterocycles. The van der Waals surface area contributed by atoms with Gasteiger partial charge in [-0.05, 0) is 13.8 Å². The summed E-state index contributed by atoms with van der Waals surface area (Å²) in [7, 11) is 0. The molecule has 0 spiro atoms. The van der Waals surface area contributed by atoms with Gasteiger partial charge in [-0.2, -0.15) is 0 Å². The Morgan fingerprint density at radius 2 is 2.15 bits per heavy atom. The fourth-order valence-corrected chi connectivity index (χ4v) is 3.64. The lowest BCUT2D eigenvalue weighted by Crippen LogP contribution is -2.65. The fourth-order valence-electron chi connectivity index (χ4n) is 2.69. The summed E-state index contributed by atoms with van der Waals surface area (Å²) in [6.45, 7) is 7.16. The lowest BCUT2D eigenvalue weighted by atomic mass is 10.1. The zero-order chi connectivity index (χ0) is 14.3. The van der Waals surface area contributed by atoms with Gasteiger partial charge in [-0.3, -0.25) is 9.59 Å². The first-order valence-corrected chi connectivity index (χ1v) is 7.61. The standard InChI is InChI=1S/C13H18N4O2S/c1-8-9(2)20-11(15-8)7-16-6-10-5-14-3-4-17(10)13(19)12(16)18/h10,14H,3-7H2,1-2H3. The van der Waals surface area contributed by atoms with Gasteiger partial charge in [0, 0.05) is 31.1 Å². The number of fused-ring (bicyclic) bond motifs is 1. The number of nitrogens with one attached hydrogen (secondary N) is 1. The number of aryl methyl sites for hydroxylation is 2. The maximum absolute atomic E-state index is 12.2. The van der Waals surface area contributed by atoms with E-state index in [1.807, 2.05) is 13.8 Å². The molecular formula is C13H18N4O2S. The van der Waals surface area contributed by atoms with Crippen LogP contribution in [0, 0.1) is 13.8 Å². The van der Waals surface area contributed by atoms with E-state index in [1.165, 1.54) is 0 Å². The molecule has 0 aromatic carbocycles. The van der Waals surface area contributed by atoms with Crippen molar-refractivity contribution in [3.8, 4) is 0 Å². The quantitative estimate of drug-likeness (QED) is 0.774. The number of thiazole rings is 1. The molecule has 1 aromatic heterocycles. The minimum atomic E-state index is -0.395. The predicted octanol–water partition coefficient (Wildman–Crippen LogP) is -0.0975. The van der Waals surface area contributed by atoms with Crippen molar-refractivity contribution in [3.63, 3.8) is 0 Å². The van der Waals surface area contributed by atoms with Crippen LogP contribution in [0.1, 0.15) is 15.6 Å². The molecule has 0 bridgehead atoms. The van der Waals surface area contributed by atoms with Crippen LogP contribution in [0.4, 0.5) is 0 Å². The minimum Gasteiger partial charge on any atom is -0.327 e. The van der Waals surface area contributed by atoms with E-state index in [9.17, 15) is 9.59 Å². The van der Waals surface area contributed by atoms with Gasteiger partial charge in [0.15, 0.2) is 0 Å². The van der Waals surface area contributed by atoms with Crippen molar-refractivity contribution in [2.75, 3.05) is 26.2 Å². The van der Waals surface area contributed by atoms with Gasteiger partial charge < -0.3 is 15.1 Å². The van der Waals surface area contributed by atoms with E-state index in [0.29, 0.717) is 19.6 Å². The van der Waals surface area contributed by atoms with Crippen LogP contribution in [0.5, 0.6) is 0 Å². The highest BCUT2D eigenvalue weighted by molar-refractivity contribution is 7.11. The number of hydrogen-bond donors (Lipinski definition) is 1. The summed E-state index contributed by atoms with van der Waals surface area (Å²) in [5.41, 5.74) is 1.00. The van der Waals surface area contributed by atoms with E-state index in [1.54, 1.807) is 21.1 Å². The molecule has 0 radical (unpaired) electrons. The summed E-state index contributed by atoms with van der Waals surface area (Å²) < 4.78 is 0. The van der Waals surface area contributed by atoms with Crippen LogP contribution < -0.4 is 5.32 Å². The molecular weight excluding hydrogens is 276 g/mol. The molecule has 7 heteroatoms. The monoisotopic (exact) mass is 294 g/mol. The van der Waals surface area contributed by atoms with Gasteiger partial charge in [0.1, 0.15) is 5.01 Å². The van der Waals surface area contributed by atoms with E-state index in [2.05, 4.69) is 10.3 Å². The third kappa shape index (κ3) is 2.31. The Labute approximate surface area is 121 Å². The Morgan fingerprint density at radius 1 is 1.35 bits per heavy atom. The molecule has 3 rings (SSSR count). The van der Waals surface area contributed by atoms with Crippen LogP contribution >= 0.6 is 11.3 Å². The highest BCUT2D eigenvalue weighted by atomic mass is 32.1. The summed E-state index contributed by atoms with van der Waals surface area (Å²) in [5.74, 6) is -0.763. The van der Waals surface area contributed by atoms with E-state index < -0.39 is 5.91 Å². The summed E-state index contributed by atoms with van der Waals surface area (Å²) in [5, 5.41) is 4.17. The van der Waals surface area contributed by atoms with Crippen molar-refractivity contribution in [1.29, 1.82) is 0 Å². The number of piperazine rings is 2. The highest BCUT2D eigenvalue weighted by Crippen LogP contribution is 2.21. The summed E-state index contributed by atoms with van der Waals surface area (Å²) >= 11 is 1.60. The molecule has 6 nitrogen and oxygen atoms in total. The average molecular weight is 294 g/mol. The van der Waals surface area contributed by atoms with Crippen molar-refractivity contribution in [2.24, 2.45) is 0 Å². The minimum absolute atomic E-state index is 0.0936. The van der Waals surface area contributed by atoms with Crippen LogP contribution in [-0.2, 0) is 16.1 Å². The maximum atomic E-state index is 12.2. The fraction of sp³-hybridized carbons (Fsp3) is 0.615. The van der Waals surface area contributed by atoms with Crippen molar-refractivity contribution in [1.82, 2.24) is 20.1 Å². The molecule has 1 atom stereocenters. The molecule has 2 fully saturated rings. The Kier molecular flexibility index (Phi) is 3.47. The lowest BCUT2D eigenvalue weighted by Gasteiger charge is -2.43. The molecule has 2 aliphatic rings. The van der Waals surface area contributed by atoms with E-state index >= 15 is 0 Å². The van der Waals surface area contributed by atoms with Crippen molar-refractivity contribution < 1.29 is 9.59 Å². The second kappa shape index (κ2) is 5.14. The first-order chi connectivity index (χ1) is 9.56. The molecule has 0 aliphatic carbocycles. The number of aromatic nitrogens is 1. The smallest absolute Gasteiger partial charge is 0.312 e. The lowest BCUT2D eigenvalue weighted by molar-refractivity contribution is -0.160. The Balaban J connectivity index is 1.76. The second-order valence-electron chi connectivity index (χ2n) is 5.29. The van der Waals surface area contributed by atoms with Gasteiger partial charge in [0.2, 0.25) is 0 Å². The molecule has 108 valence electrons. The third-order valence-corrected chi connectivity index (χ3v) is 4.97. The first kappa shape index (κ1) is 13.5. The normalized spacial score (nSPS) is 23.2. The van der Waals surface area contributed by atoms with Gasteiger partial charge >= 0.3 is 11.8 Å². The highest BCUT2D eigenvalue weighted by Gasteiger charge is 2.40. The SMILES string of the molecule is Cc1nc(CN2CC3CNCCN3C(=O)C2=O)sc1C. The zero-order valence-corrected chi connectivity index (χ0v) is 12.5. The number of carbonyl (C=O) groups excluding carboxylic acids is 2. The van der Waals surface area contributed by atoms with Crippen LogP contribution in [0.2, 0.25) is 0 Å². The number of amides is 2. The Bertz CT molecular complexity index is 537. The van der Waals surface area contributed by atoms with Crippen molar-refractivity contribution in [2.45, 2.75) is 26.4 Å². The second-order valence-corrected chi connectivity index (χ2v) is 6.58. The third-order valence-electron chi connectivity index (χ3n) is 3.91. The Hall–Kier alpha value is -1.47. The van der Waals surface area contributed by atoms with Gasteiger partial charge in [-0.25, -0.2) is 4.98 Å². The van der Waals surface area contributed by atoms with Gasteiger partial charge in [-0.1, -0.05) is 0 Å². The van der Waals surface area contributed by atoms with Gasteiger partial charge in [-0.15, -0.1) is 11.3 Å². The topological polar surface area (TPSA) is 65.5 Å². The van der Waals surface area contributed by atoms with Gasteiger partial charge in [0.25, 0.3) is 0 Å². The van der Waals surface area contributed by atoms with Crippen LogP contribution in [0.3, 0.4) is 0 Å². The van der Waals surface area contributed by atoms with E-state index in [-0.39, 0.29) is 11.9 Å². The average Bonchev–Trinajstić information content (AvgIpc) is 2.74. The van der Waals surface area contributed by atoms with Gasteiger partial charge in [0.05, 0.1) is 18.3 Å². The molecule has 1 aromatic rings. The Morgan fingerprint density at radius 3 is 2.85 bits per heavy atom. The summed E-state index contributed by atoms with van der Waals surface area (Å²) in [4.78, 5) is 33.2. The van der Waals surface area contributed by atoms with E-state index in [4.69, 9.17) is 0 Å². The zero-order valence-electron chi connectivity index (χ0n) is 11.7. The molecule has 2 amide bonds. The molecule has 3 heterocycles. The molecule has 20 heavy (non-hydrogen) atoms. The van der Waals surface area contributed by atoms with E-state index in [0.717, 1.165) is 28.7 Å². The summed E-state index contributed by atoms with van der Waals surface area (Å²) in [6.07, 6.45) is 0. The van der Waals surface area contributed by atoms with Crippen molar-refractivity contribution >= 4 is 23.2 Å². The molecule has 0 saturated carbocycles. The number of nitrogens with zero attached hydrogens (tertiary/aromatic N) is 3. The first-order valence-electron chi connectivity index (χ1n) is 6.79. The summed E-state index contributed by atoms with van der Waals surface area (Å²) in [6, 6.07) is 0.0936. The van der Waals surface area contributed by atoms with Crippen LogP contribution in [-0.4, -0.2) is 58.8 Å². The molecule has 1 N–H and O–H groups in total. The predicted molar refractivity (Wildman–Crippen MR) is 75.4 cm³/mol. The number of carbonyl (C=O) groups is 2. The largest absolute Gasteiger partial charge is 0.327 e. The molecule has 2 aliphatic heterocycles. The number of rotatable bonds is 2. The van der Waals surface area contributed by atoms with Crippen LogP contribution in [0.25, 0.3) is 0 Å². The van der Waals surface area contributed by atoms with Crippen LogP contribution in [0.15, 0.2) is 0 Å². The molecule has 1 unspecified atom stereocenters. The van der Waals surface area contributed by atoms with Crippen molar-refractivity contribution in [3.05, 3.63) is 15.6 Å². The maximum Gasteiger partial charge on any atom is 0.312 e.